The maximum absolute atomic E-state index is 6.89. The Labute approximate surface area is 176 Å². The van der Waals surface area contributed by atoms with Crippen LogP contribution in [-0.4, -0.2) is 14.9 Å². The Kier molecular flexibility index (Phi) is 7.09. The number of hydrogen-bond acceptors (Lipinski definition) is 1. The minimum absolute atomic E-state index is 0.0193. The number of hydrogen-bond donors (Lipinski definition) is 0. The highest BCUT2D eigenvalue weighted by Crippen LogP contribution is 2.36. The molecular weight excluding hydrogens is 368 g/mol. The van der Waals surface area contributed by atoms with E-state index in [1.165, 1.54) is 10.4 Å². The molecule has 0 fully saturated rings. The molecule has 0 saturated heterocycles. The van der Waals surface area contributed by atoms with Gasteiger partial charge in [-0.3, -0.25) is 0 Å². The van der Waals surface area contributed by atoms with Gasteiger partial charge in [-0.15, -0.1) is 0 Å². The number of rotatable bonds is 6. The van der Waals surface area contributed by atoms with Crippen LogP contribution >= 0.6 is 0 Å². The van der Waals surface area contributed by atoms with Crippen molar-refractivity contribution < 1.29 is 4.43 Å². The first-order chi connectivity index (χ1) is 14.0. The van der Waals surface area contributed by atoms with Crippen LogP contribution in [0.4, 0.5) is 0 Å². The van der Waals surface area contributed by atoms with E-state index in [1.54, 1.807) is 0 Å². The summed E-state index contributed by atoms with van der Waals surface area (Å²) in [5.74, 6) is 6.53. The minimum Gasteiger partial charge on any atom is -0.407 e. The molecule has 0 aliphatic heterocycles. The SMILES string of the molecule is CC(C)(C)[Si](OCCCC#Cc1ccccc1)(c1ccccc1)c1ccccc1. The van der Waals surface area contributed by atoms with Crippen LogP contribution in [0.15, 0.2) is 91.0 Å². The minimum atomic E-state index is -2.42. The lowest BCUT2D eigenvalue weighted by Crippen LogP contribution is -2.66. The van der Waals surface area contributed by atoms with Crippen LogP contribution in [0.25, 0.3) is 0 Å². The summed E-state index contributed by atoms with van der Waals surface area (Å²) in [5, 5.41) is 2.67. The van der Waals surface area contributed by atoms with Crippen LogP contribution in [0.2, 0.25) is 5.04 Å². The fraction of sp³-hybridized carbons (Fsp3) is 0.259. The van der Waals surface area contributed by atoms with Crippen molar-refractivity contribution in [3.05, 3.63) is 96.6 Å². The Morgan fingerprint density at radius 1 is 0.724 bits per heavy atom. The topological polar surface area (TPSA) is 9.23 Å². The summed E-state index contributed by atoms with van der Waals surface area (Å²) in [5.41, 5.74) is 1.07. The average Bonchev–Trinajstić information content (AvgIpc) is 2.74. The first kappa shape index (κ1) is 21.1. The first-order valence-corrected chi connectivity index (χ1v) is 12.2. The maximum Gasteiger partial charge on any atom is 0.261 e. The van der Waals surface area contributed by atoms with Gasteiger partial charge in [0.25, 0.3) is 8.32 Å². The van der Waals surface area contributed by atoms with Crippen LogP contribution in [-0.2, 0) is 4.43 Å². The average molecular weight is 399 g/mol. The van der Waals surface area contributed by atoms with Crippen molar-refractivity contribution >= 4 is 18.7 Å². The predicted molar refractivity (Wildman–Crippen MR) is 126 cm³/mol. The molecule has 0 radical (unpaired) electrons. The smallest absolute Gasteiger partial charge is 0.261 e. The summed E-state index contributed by atoms with van der Waals surface area (Å²) in [6.45, 7) is 7.66. The van der Waals surface area contributed by atoms with E-state index in [2.05, 4.69) is 93.3 Å². The molecule has 2 heteroatoms. The zero-order valence-corrected chi connectivity index (χ0v) is 18.7. The third-order valence-corrected chi connectivity index (χ3v) is 10.2. The van der Waals surface area contributed by atoms with Gasteiger partial charge in [-0.1, -0.05) is 111 Å². The van der Waals surface area contributed by atoms with Crippen LogP contribution < -0.4 is 10.4 Å². The Hall–Kier alpha value is -2.60. The van der Waals surface area contributed by atoms with Crippen LogP contribution in [0.5, 0.6) is 0 Å². The van der Waals surface area contributed by atoms with E-state index in [0.29, 0.717) is 0 Å². The largest absolute Gasteiger partial charge is 0.407 e. The summed E-state index contributed by atoms with van der Waals surface area (Å²) in [6, 6.07) is 31.8. The standard InChI is InChI=1S/C27H30OSi/c1-27(2,3)29(25-19-11-5-12-20-25,26-21-13-6-14-22-26)28-23-15-7-10-18-24-16-8-4-9-17-24/h4-6,8-9,11-14,16-17,19-22H,7,15,23H2,1-3H3. The third-order valence-electron chi connectivity index (χ3n) is 5.19. The molecule has 0 spiro atoms. The molecule has 3 rings (SSSR count). The molecule has 0 aromatic heterocycles. The van der Waals surface area contributed by atoms with Gasteiger partial charge < -0.3 is 4.43 Å². The Balaban J connectivity index is 1.80. The van der Waals surface area contributed by atoms with Gasteiger partial charge in [-0.2, -0.15) is 0 Å². The van der Waals surface area contributed by atoms with Gasteiger partial charge >= 0.3 is 0 Å². The van der Waals surface area contributed by atoms with Crippen LogP contribution in [0.1, 0.15) is 39.2 Å². The highest BCUT2D eigenvalue weighted by atomic mass is 28.4. The highest BCUT2D eigenvalue weighted by molar-refractivity contribution is 6.99. The Bertz CT molecular complexity index is 892. The Morgan fingerprint density at radius 3 is 1.69 bits per heavy atom. The maximum atomic E-state index is 6.89. The van der Waals surface area contributed by atoms with E-state index in [4.69, 9.17) is 4.43 Å². The van der Waals surface area contributed by atoms with E-state index in [0.717, 1.165) is 25.0 Å². The second-order valence-corrected chi connectivity index (χ2v) is 12.6. The summed E-state index contributed by atoms with van der Waals surface area (Å²) in [6.07, 6.45) is 1.78. The molecule has 3 aromatic rings. The lowest BCUT2D eigenvalue weighted by atomic mass is 10.2. The van der Waals surface area contributed by atoms with Crippen LogP contribution in [0, 0.1) is 11.8 Å². The fourth-order valence-corrected chi connectivity index (χ4v) is 8.44. The van der Waals surface area contributed by atoms with E-state index in [1.807, 2.05) is 30.3 Å². The van der Waals surface area contributed by atoms with Crippen molar-refractivity contribution in [2.24, 2.45) is 0 Å². The summed E-state index contributed by atoms with van der Waals surface area (Å²) in [4.78, 5) is 0. The summed E-state index contributed by atoms with van der Waals surface area (Å²) >= 11 is 0. The second kappa shape index (κ2) is 9.74. The fourth-order valence-electron chi connectivity index (χ4n) is 3.83. The lowest BCUT2D eigenvalue weighted by molar-refractivity contribution is 0.293. The number of unbranched alkanes of at least 4 members (excludes halogenated alkanes) is 1. The first-order valence-electron chi connectivity index (χ1n) is 10.3. The number of benzene rings is 3. The molecule has 1 nitrogen and oxygen atoms in total. The van der Waals surface area contributed by atoms with Gasteiger partial charge in [0.1, 0.15) is 0 Å². The quantitative estimate of drug-likeness (QED) is 0.307. The molecular formula is C27H30OSi. The molecule has 29 heavy (non-hydrogen) atoms. The monoisotopic (exact) mass is 398 g/mol. The van der Waals surface area contributed by atoms with Crippen molar-refractivity contribution in [1.82, 2.24) is 0 Å². The molecule has 0 aliphatic carbocycles. The second-order valence-electron chi connectivity index (χ2n) is 8.28. The normalized spacial score (nSPS) is 11.6. The zero-order valence-electron chi connectivity index (χ0n) is 17.7. The van der Waals surface area contributed by atoms with Gasteiger partial charge in [0, 0.05) is 18.6 Å². The molecule has 0 heterocycles. The van der Waals surface area contributed by atoms with Crippen molar-refractivity contribution in [3.8, 4) is 11.8 Å². The lowest BCUT2D eigenvalue weighted by Gasteiger charge is -2.43. The highest BCUT2D eigenvalue weighted by Gasteiger charge is 2.49. The molecule has 3 aromatic carbocycles. The van der Waals surface area contributed by atoms with Crippen molar-refractivity contribution in [2.45, 2.75) is 38.7 Å². The van der Waals surface area contributed by atoms with E-state index in [-0.39, 0.29) is 5.04 Å². The molecule has 0 unspecified atom stereocenters. The van der Waals surface area contributed by atoms with Crippen molar-refractivity contribution in [1.29, 1.82) is 0 Å². The Morgan fingerprint density at radius 2 is 1.21 bits per heavy atom. The molecule has 0 N–H and O–H groups in total. The molecule has 0 bridgehead atoms. The van der Waals surface area contributed by atoms with Crippen molar-refractivity contribution in [2.75, 3.05) is 6.61 Å². The molecule has 0 atom stereocenters. The van der Waals surface area contributed by atoms with Gasteiger partial charge in [-0.25, -0.2) is 0 Å². The molecule has 148 valence electrons. The van der Waals surface area contributed by atoms with E-state index >= 15 is 0 Å². The van der Waals surface area contributed by atoms with Crippen molar-refractivity contribution in [3.63, 3.8) is 0 Å². The third kappa shape index (κ3) is 5.06. The zero-order chi connectivity index (χ0) is 20.6. The molecule has 0 amide bonds. The molecule has 0 aliphatic rings. The van der Waals surface area contributed by atoms with Gasteiger partial charge in [0.2, 0.25) is 0 Å². The predicted octanol–water partition coefficient (Wildman–Crippen LogP) is 5.39. The van der Waals surface area contributed by atoms with Gasteiger partial charge in [0.05, 0.1) is 0 Å². The van der Waals surface area contributed by atoms with Crippen LogP contribution in [0.3, 0.4) is 0 Å². The van der Waals surface area contributed by atoms with Gasteiger partial charge in [-0.05, 0) is 34.0 Å². The summed E-state index contributed by atoms with van der Waals surface area (Å²) < 4.78 is 6.89. The summed E-state index contributed by atoms with van der Waals surface area (Å²) in [7, 11) is -2.42. The van der Waals surface area contributed by atoms with Gasteiger partial charge in [0.15, 0.2) is 0 Å². The van der Waals surface area contributed by atoms with E-state index < -0.39 is 8.32 Å². The molecule has 0 saturated carbocycles. The van der Waals surface area contributed by atoms with E-state index in [9.17, 15) is 0 Å².